The number of carbonyl (C=O) groups excluding carboxylic acids is 2. The van der Waals surface area contributed by atoms with Gasteiger partial charge < -0.3 is 9.64 Å². The number of aryl methyl sites for hydroxylation is 1. The molecular weight excluding hydrogens is 490 g/mol. The second-order valence-corrected chi connectivity index (χ2v) is 11.8. The lowest BCUT2D eigenvalue weighted by molar-refractivity contribution is -0.140. The van der Waals surface area contributed by atoms with E-state index < -0.39 is 11.0 Å². The Bertz CT molecular complexity index is 1380. The fourth-order valence-electron chi connectivity index (χ4n) is 6.56. The number of rotatable bonds is 6. The SMILES string of the molecule is Cn1cc(C2(C3=NC4(CCOCC4)C(=O)N3CC3CN(C(=O)C4CC4)C3)C=CC(c3ccccc3)=CC2)cn1. The van der Waals surface area contributed by atoms with E-state index in [0.29, 0.717) is 39.0 Å². The van der Waals surface area contributed by atoms with Crippen LogP contribution in [0.1, 0.15) is 43.2 Å². The largest absolute Gasteiger partial charge is 0.381 e. The molecule has 2 amide bonds. The zero-order chi connectivity index (χ0) is 26.6. The summed E-state index contributed by atoms with van der Waals surface area (Å²) in [4.78, 5) is 36.1. The highest BCUT2D eigenvalue weighted by Crippen LogP contribution is 2.45. The lowest BCUT2D eigenvalue weighted by Gasteiger charge is -2.43. The van der Waals surface area contributed by atoms with Crippen LogP contribution < -0.4 is 0 Å². The highest BCUT2D eigenvalue weighted by Gasteiger charge is 2.55. The number of aromatic nitrogens is 2. The fourth-order valence-corrected chi connectivity index (χ4v) is 6.56. The lowest BCUT2D eigenvalue weighted by atomic mass is 9.73. The number of amides is 2. The second kappa shape index (κ2) is 9.30. The molecule has 1 aromatic carbocycles. The zero-order valence-electron chi connectivity index (χ0n) is 22.5. The van der Waals surface area contributed by atoms with Gasteiger partial charge in [0.1, 0.15) is 11.4 Å². The van der Waals surface area contributed by atoms with Crippen LogP contribution in [0.4, 0.5) is 0 Å². The van der Waals surface area contributed by atoms with Gasteiger partial charge in [-0.25, -0.2) is 0 Å². The molecule has 2 aliphatic carbocycles. The van der Waals surface area contributed by atoms with Gasteiger partial charge in [-0.2, -0.15) is 5.10 Å². The first-order chi connectivity index (χ1) is 19.0. The quantitative estimate of drug-likeness (QED) is 0.579. The summed E-state index contributed by atoms with van der Waals surface area (Å²) in [5, 5.41) is 4.51. The molecule has 1 aromatic heterocycles. The van der Waals surface area contributed by atoms with Crippen molar-refractivity contribution in [2.75, 3.05) is 32.8 Å². The molecule has 1 atom stereocenters. The summed E-state index contributed by atoms with van der Waals surface area (Å²) >= 11 is 0. The molecule has 0 N–H and O–H groups in total. The van der Waals surface area contributed by atoms with Crippen molar-refractivity contribution < 1.29 is 14.3 Å². The Kier molecular flexibility index (Phi) is 5.84. The maximum Gasteiger partial charge on any atom is 0.256 e. The topological polar surface area (TPSA) is 80.0 Å². The Morgan fingerprint density at radius 1 is 1.13 bits per heavy atom. The molecule has 1 unspecified atom stereocenters. The molecule has 2 saturated heterocycles. The summed E-state index contributed by atoms with van der Waals surface area (Å²) in [7, 11) is 1.92. The van der Waals surface area contributed by atoms with Crippen molar-refractivity contribution in [3.63, 3.8) is 0 Å². The van der Waals surface area contributed by atoms with E-state index in [2.05, 4.69) is 47.6 Å². The lowest BCUT2D eigenvalue weighted by Crippen LogP contribution is -2.58. The normalized spacial score (nSPS) is 26.5. The fraction of sp³-hybridized carbons (Fsp3) is 0.484. The maximum absolute atomic E-state index is 14.2. The van der Waals surface area contributed by atoms with Gasteiger partial charge in [0.05, 0.1) is 11.6 Å². The number of nitrogens with zero attached hydrogens (tertiary/aromatic N) is 5. The summed E-state index contributed by atoms with van der Waals surface area (Å²) < 4.78 is 7.48. The number of hydrogen-bond donors (Lipinski definition) is 0. The molecule has 3 aliphatic heterocycles. The molecule has 39 heavy (non-hydrogen) atoms. The van der Waals surface area contributed by atoms with Gasteiger partial charge in [0.2, 0.25) is 5.91 Å². The molecule has 8 nitrogen and oxygen atoms in total. The number of benzene rings is 1. The summed E-state index contributed by atoms with van der Waals surface area (Å²) in [5.41, 5.74) is 2.00. The zero-order valence-corrected chi connectivity index (χ0v) is 22.5. The number of likely N-dealkylation sites (tertiary alicyclic amines) is 1. The summed E-state index contributed by atoms with van der Waals surface area (Å²) in [5.74, 6) is 1.67. The van der Waals surface area contributed by atoms with Crippen LogP contribution in [-0.2, 0) is 26.8 Å². The summed E-state index contributed by atoms with van der Waals surface area (Å²) in [6, 6.07) is 10.4. The van der Waals surface area contributed by atoms with Gasteiger partial charge in [0, 0.05) is 76.3 Å². The molecular formula is C31H35N5O3. The van der Waals surface area contributed by atoms with E-state index in [1.54, 1.807) is 0 Å². The van der Waals surface area contributed by atoms with Crippen LogP contribution in [0.15, 0.2) is 65.9 Å². The number of carbonyl (C=O) groups is 2. The van der Waals surface area contributed by atoms with Crippen LogP contribution in [-0.4, -0.2) is 75.6 Å². The molecule has 3 fully saturated rings. The number of allylic oxidation sites excluding steroid dienone is 3. The predicted octanol–water partition coefficient (Wildman–Crippen LogP) is 3.36. The molecule has 0 bridgehead atoms. The van der Waals surface area contributed by atoms with E-state index in [4.69, 9.17) is 9.73 Å². The first kappa shape index (κ1) is 24.5. The van der Waals surface area contributed by atoms with E-state index in [1.807, 2.05) is 40.0 Å². The van der Waals surface area contributed by atoms with E-state index in [-0.39, 0.29) is 23.7 Å². The van der Waals surface area contributed by atoms with Gasteiger partial charge in [-0.3, -0.25) is 24.2 Å². The van der Waals surface area contributed by atoms with Crippen molar-refractivity contribution in [2.45, 2.75) is 43.1 Å². The van der Waals surface area contributed by atoms with Gasteiger partial charge in [-0.1, -0.05) is 48.6 Å². The Balaban J connectivity index is 1.24. The van der Waals surface area contributed by atoms with Crippen LogP contribution in [0, 0.1) is 11.8 Å². The third-order valence-electron chi connectivity index (χ3n) is 9.09. The predicted molar refractivity (Wildman–Crippen MR) is 148 cm³/mol. The Labute approximate surface area is 229 Å². The third-order valence-corrected chi connectivity index (χ3v) is 9.09. The minimum atomic E-state index is -0.771. The average molecular weight is 526 g/mol. The number of hydrogen-bond acceptors (Lipinski definition) is 5. The Morgan fingerprint density at radius 3 is 2.54 bits per heavy atom. The number of amidine groups is 1. The standard InChI is InChI=1S/C31H35N5O3/c1-34-21-26(17-32-34)30(11-9-24(10-12-30)23-5-3-2-4-6-23)28-33-31(13-15-39-16-14-31)29(38)36(28)20-22-18-35(19-22)27(37)25-7-8-25/h2-6,9-11,17,21-22,25H,7-8,12-16,18-20H2,1H3. The van der Waals surface area contributed by atoms with E-state index in [1.165, 1.54) is 11.1 Å². The molecule has 4 heterocycles. The van der Waals surface area contributed by atoms with Gasteiger partial charge >= 0.3 is 0 Å². The van der Waals surface area contributed by atoms with Crippen LogP contribution in [0.25, 0.3) is 5.57 Å². The van der Waals surface area contributed by atoms with Crippen molar-refractivity contribution in [1.29, 1.82) is 0 Å². The van der Waals surface area contributed by atoms with Crippen molar-refractivity contribution in [3.8, 4) is 0 Å². The number of ether oxygens (including phenoxy) is 1. The summed E-state index contributed by atoms with van der Waals surface area (Å²) in [6.07, 6.45) is 14.5. The van der Waals surface area contributed by atoms with Gasteiger partial charge in [0.25, 0.3) is 5.91 Å². The number of aliphatic imine (C=N–C) groups is 1. The first-order valence-corrected chi connectivity index (χ1v) is 14.2. The molecule has 2 aromatic rings. The minimum Gasteiger partial charge on any atom is -0.381 e. The van der Waals surface area contributed by atoms with E-state index in [0.717, 1.165) is 37.3 Å². The van der Waals surface area contributed by atoms with Gasteiger partial charge in [-0.05, 0) is 30.4 Å². The Hall–Kier alpha value is -3.52. The van der Waals surface area contributed by atoms with Crippen molar-refractivity contribution >= 4 is 23.2 Å². The summed E-state index contributed by atoms with van der Waals surface area (Å²) in [6.45, 7) is 3.10. The van der Waals surface area contributed by atoms with Crippen molar-refractivity contribution in [3.05, 3.63) is 72.1 Å². The molecule has 0 radical (unpaired) electrons. The highest BCUT2D eigenvalue weighted by atomic mass is 16.5. The molecule has 202 valence electrons. The van der Waals surface area contributed by atoms with Crippen LogP contribution >= 0.6 is 0 Å². The van der Waals surface area contributed by atoms with Crippen LogP contribution in [0.3, 0.4) is 0 Å². The average Bonchev–Trinajstić information content (AvgIpc) is 3.66. The monoisotopic (exact) mass is 525 g/mol. The molecule has 1 saturated carbocycles. The molecule has 5 aliphatic rings. The first-order valence-electron chi connectivity index (χ1n) is 14.2. The van der Waals surface area contributed by atoms with Crippen LogP contribution in [0.2, 0.25) is 0 Å². The van der Waals surface area contributed by atoms with Crippen LogP contribution in [0.5, 0.6) is 0 Å². The van der Waals surface area contributed by atoms with Crippen molar-refractivity contribution in [2.24, 2.45) is 23.9 Å². The van der Waals surface area contributed by atoms with Crippen molar-refractivity contribution in [1.82, 2.24) is 19.6 Å². The third kappa shape index (κ3) is 4.16. The molecule has 8 heteroatoms. The molecule has 1 spiro atoms. The maximum atomic E-state index is 14.2. The molecule has 7 rings (SSSR count). The smallest absolute Gasteiger partial charge is 0.256 e. The van der Waals surface area contributed by atoms with E-state index in [9.17, 15) is 9.59 Å². The van der Waals surface area contributed by atoms with E-state index >= 15 is 0 Å². The minimum absolute atomic E-state index is 0.0854. The van der Waals surface area contributed by atoms with Gasteiger partial charge in [0.15, 0.2) is 0 Å². The van der Waals surface area contributed by atoms with Gasteiger partial charge in [-0.15, -0.1) is 0 Å². The second-order valence-electron chi connectivity index (χ2n) is 11.8. The Morgan fingerprint density at radius 2 is 1.90 bits per heavy atom. The highest BCUT2D eigenvalue weighted by molar-refractivity contribution is 6.13.